The molecule has 0 aromatic rings. The molecule has 0 aliphatic heterocycles. The fourth-order valence-electron chi connectivity index (χ4n) is 2.54. The maximum absolute atomic E-state index is 11.8. The maximum Gasteiger partial charge on any atom is 0.308 e. The zero-order valence-corrected chi connectivity index (χ0v) is 17.7. The van der Waals surface area contributed by atoms with E-state index < -0.39 is 0 Å². The number of rotatable bonds is 7. The Hall–Kier alpha value is -1.32. The third kappa shape index (κ3) is 9.08. The first-order chi connectivity index (χ1) is 11.5. The Morgan fingerprint density at radius 2 is 1.92 bits per heavy atom. The molecule has 1 amide bonds. The van der Waals surface area contributed by atoms with Crippen LogP contribution in [0.1, 0.15) is 32.6 Å². The topological polar surface area (TPSA) is 83.0 Å². The number of amides is 1. The van der Waals surface area contributed by atoms with Gasteiger partial charge in [0.15, 0.2) is 5.96 Å². The van der Waals surface area contributed by atoms with Crippen molar-refractivity contribution >= 4 is 41.8 Å². The second kappa shape index (κ2) is 13.0. The quantitative estimate of drug-likeness (QED) is 0.196. The Morgan fingerprint density at radius 1 is 1.28 bits per heavy atom. The number of aliphatic imine (C=N–C) groups is 1. The number of likely N-dealkylation sites (N-methyl/N-ethyl adjacent to an activating group) is 1. The molecular weight excluding hydrogens is 435 g/mol. The van der Waals surface area contributed by atoms with Crippen molar-refractivity contribution in [2.75, 3.05) is 33.8 Å². The molecule has 1 saturated carbocycles. The highest BCUT2D eigenvalue weighted by Gasteiger charge is 2.27. The van der Waals surface area contributed by atoms with E-state index in [-0.39, 0.29) is 54.4 Å². The van der Waals surface area contributed by atoms with Crippen molar-refractivity contribution in [1.29, 1.82) is 0 Å². The second-order valence-electron chi connectivity index (χ2n) is 6.07. The summed E-state index contributed by atoms with van der Waals surface area (Å²) in [5.41, 5.74) is 0. The number of nitrogens with one attached hydrogen (secondary N) is 2. The highest BCUT2D eigenvalue weighted by molar-refractivity contribution is 14.0. The van der Waals surface area contributed by atoms with E-state index in [1.165, 1.54) is 4.90 Å². The van der Waals surface area contributed by atoms with Gasteiger partial charge in [-0.05, 0) is 32.6 Å². The first-order valence-electron chi connectivity index (χ1n) is 8.50. The van der Waals surface area contributed by atoms with Gasteiger partial charge in [0.05, 0.1) is 12.5 Å². The zero-order valence-electron chi connectivity index (χ0n) is 15.4. The Balaban J connectivity index is 0.00000576. The van der Waals surface area contributed by atoms with Crippen LogP contribution >= 0.6 is 24.0 Å². The molecule has 0 heterocycles. The summed E-state index contributed by atoms with van der Waals surface area (Å²) in [6, 6.07) is 0.237. The van der Waals surface area contributed by atoms with Crippen molar-refractivity contribution in [3.8, 4) is 0 Å². The molecule has 0 saturated heterocycles. The van der Waals surface area contributed by atoms with E-state index in [1.54, 1.807) is 20.2 Å². The van der Waals surface area contributed by atoms with Gasteiger partial charge in [0.1, 0.15) is 6.54 Å². The van der Waals surface area contributed by atoms with Crippen molar-refractivity contribution in [2.45, 2.75) is 38.6 Å². The number of hydrogen-bond donors (Lipinski definition) is 2. The van der Waals surface area contributed by atoms with Gasteiger partial charge in [0, 0.05) is 26.7 Å². The molecule has 1 fully saturated rings. The smallest absolute Gasteiger partial charge is 0.308 e. The minimum Gasteiger partial charge on any atom is -0.466 e. The van der Waals surface area contributed by atoms with Crippen LogP contribution in [0.2, 0.25) is 0 Å². The van der Waals surface area contributed by atoms with Crippen molar-refractivity contribution in [1.82, 2.24) is 15.5 Å². The lowest BCUT2D eigenvalue weighted by Gasteiger charge is -2.29. The van der Waals surface area contributed by atoms with Crippen molar-refractivity contribution < 1.29 is 14.3 Å². The fraction of sp³-hybridized carbons (Fsp3) is 0.706. The van der Waals surface area contributed by atoms with Crippen LogP contribution in [-0.2, 0) is 14.3 Å². The summed E-state index contributed by atoms with van der Waals surface area (Å²) >= 11 is 0. The first kappa shape index (κ1) is 23.7. The third-order valence-corrected chi connectivity index (χ3v) is 3.97. The van der Waals surface area contributed by atoms with E-state index >= 15 is 0 Å². The minimum absolute atomic E-state index is 0. The highest BCUT2D eigenvalue weighted by Crippen LogP contribution is 2.25. The van der Waals surface area contributed by atoms with Gasteiger partial charge in [-0.25, -0.2) is 4.99 Å². The monoisotopic (exact) mass is 466 g/mol. The molecule has 144 valence electrons. The molecule has 8 heteroatoms. The van der Waals surface area contributed by atoms with Gasteiger partial charge in [0.2, 0.25) is 5.91 Å². The van der Waals surface area contributed by atoms with Crippen molar-refractivity contribution in [2.24, 2.45) is 10.9 Å². The molecule has 1 aliphatic carbocycles. The molecule has 0 atom stereocenters. The van der Waals surface area contributed by atoms with Gasteiger partial charge in [-0.15, -0.1) is 30.6 Å². The van der Waals surface area contributed by atoms with Gasteiger partial charge < -0.3 is 20.3 Å². The number of guanidine groups is 1. The molecule has 0 radical (unpaired) electrons. The summed E-state index contributed by atoms with van der Waals surface area (Å²) < 4.78 is 5.09. The maximum atomic E-state index is 11.8. The standard InChI is InChI=1S/C17H30N4O3.HI/c1-5-11-18-17(19-12-15(22)21(3)4)20-14-9-7-13(8-10-14)16(23)24-6-2;/h5,13-14H,1,6-12H2,2-4H3,(H2,18,19,20);1H. The number of hydrogen-bond acceptors (Lipinski definition) is 4. The Labute approximate surface area is 167 Å². The van der Waals surface area contributed by atoms with E-state index in [4.69, 9.17) is 4.74 Å². The molecule has 0 spiro atoms. The Kier molecular flexibility index (Phi) is 12.3. The molecule has 0 aromatic carbocycles. The molecule has 0 bridgehead atoms. The number of nitrogens with zero attached hydrogens (tertiary/aromatic N) is 2. The lowest BCUT2D eigenvalue weighted by molar-refractivity contribution is -0.149. The SMILES string of the molecule is C=CCNC(=NCC(=O)N(C)C)NC1CCC(C(=O)OCC)CC1.I. The van der Waals surface area contributed by atoms with Crippen LogP contribution in [-0.4, -0.2) is 62.6 Å². The summed E-state index contributed by atoms with van der Waals surface area (Å²) in [6.45, 7) is 6.60. The molecule has 25 heavy (non-hydrogen) atoms. The summed E-state index contributed by atoms with van der Waals surface area (Å²) in [5.74, 6) is 0.455. The molecule has 1 aliphatic rings. The van der Waals surface area contributed by atoms with Crippen LogP contribution in [0.3, 0.4) is 0 Å². The van der Waals surface area contributed by atoms with Crippen molar-refractivity contribution in [3.05, 3.63) is 12.7 Å². The second-order valence-corrected chi connectivity index (χ2v) is 6.07. The molecule has 1 rings (SSSR count). The van der Waals surface area contributed by atoms with E-state index in [9.17, 15) is 9.59 Å². The van der Waals surface area contributed by atoms with Crippen molar-refractivity contribution in [3.63, 3.8) is 0 Å². The Bertz CT molecular complexity index is 461. The van der Waals surface area contributed by atoms with Gasteiger partial charge in [-0.3, -0.25) is 9.59 Å². The largest absolute Gasteiger partial charge is 0.466 e. The van der Waals surface area contributed by atoms with Crippen LogP contribution in [0, 0.1) is 5.92 Å². The van der Waals surface area contributed by atoms with Gasteiger partial charge in [-0.1, -0.05) is 6.08 Å². The molecule has 7 nitrogen and oxygen atoms in total. The van der Waals surface area contributed by atoms with Gasteiger partial charge in [-0.2, -0.15) is 0 Å². The minimum atomic E-state index is -0.0915. The zero-order chi connectivity index (χ0) is 17.9. The number of halogens is 1. The summed E-state index contributed by atoms with van der Waals surface area (Å²) in [4.78, 5) is 29.3. The number of carbonyl (C=O) groups is 2. The van der Waals surface area contributed by atoms with Crippen LogP contribution < -0.4 is 10.6 Å². The average Bonchev–Trinajstić information content (AvgIpc) is 2.57. The van der Waals surface area contributed by atoms with E-state index in [2.05, 4.69) is 22.2 Å². The van der Waals surface area contributed by atoms with Crippen LogP contribution in [0.25, 0.3) is 0 Å². The molecule has 0 unspecified atom stereocenters. The highest BCUT2D eigenvalue weighted by atomic mass is 127. The summed E-state index contributed by atoms with van der Waals surface area (Å²) in [7, 11) is 3.41. The summed E-state index contributed by atoms with van der Waals surface area (Å²) in [6.07, 6.45) is 5.10. The lowest BCUT2D eigenvalue weighted by atomic mass is 9.86. The lowest BCUT2D eigenvalue weighted by Crippen LogP contribution is -2.46. The van der Waals surface area contributed by atoms with Crippen LogP contribution in [0.15, 0.2) is 17.6 Å². The Morgan fingerprint density at radius 3 is 2.44 bits per heavy atom. The normalized spacial score (nSPS) is 20.0. The number of carbonyl (C=O) groups excluding carboxylic acids is 2. The predicted octanol–water partition coefficient (Wildman–Crippen LogP) is 1.54. The average molecular weight is 466 g/mol. The van der Waals surface area contributed by atoms with Crippen LogP contribution in [0.4, 0.5) is 0 Å². The third-order valence-electron chi connectivity index (χ3n) is 3.97. The predicted molar refractivity (Wildman–Crippen MR) is 110 cm³/mol. The fourth-order valence-corrected chi connectivity index (χ4v) is 2.54. The molecule has 0 aromatic heterocycles. The first-order valence-corrected chi connectivity index (χ1v) is 8.50. The van der Waals surface area contributed by atoms with E-state index in [0.29, 0.717) is 19.1 Å². The summed E-state index contributed by atoms with van der Waals surface area (Å²) in [5, 5.41) is 6.47. The molecule has 2 N–H and O–H groups in total. The van der Waals surface area contributed by atoms with Gasteiger partial charge >= 0.3 is 5.97 Å². The number of ether oxygens (including phenoxy) is 1. The van der Waals surface area contributed by atoms with Crippen LogP contribution in [0.5, 0.6) is 0 Å². The van der Waals surface area contributed by atoms with E-state index in [1.807, 2.05) is 6.92 Å². The molecular formula is C17H31IN4O3. The number of esters is 1. The van der Waals surface area contributed by atoms with E-state index in [0.717, 1.165) is 25.7 Å². The van der Waals surface area contributed by atoms with Gasteiger partial charge in [0.25, 0.3) is 0 Å².